The molecule has 18 heavy (non-hydrogen) atoms. The molecule has 3 N–H and O–H groups in total. The molecule has 0 atom stereocenters. The summed E-state index contributed by atoms with van der Waals surface area (Å²) >= 11 is 0. The van der Waals surface area contributed by atoms with Crippen molar-refractivity contribution in [2.45, 2.75) is 19.9 Å². The van der Waals surface area contributed by atoms with Gasteiger partial charge in [0.1, 0.15) is 23.6 Å². The van der Waals surface area contributed by atoms with Crippen LogP contribution in [0.15, 0.2) is 18.2 Å². The monoisotopic (exact) mass is 253 g/mol. The standard InChI is InChI=1S/C12H15NO5/c1-7(2)13(6-10(16)17)12(18)11-8(14)4-3-5-9(11)15/h3-5,7,14-15H,6H2,1-2H3,(H,16,17). The zero-order valence-corrected chi connectivity index (χ0v) is 10.1. The van der Waals surface area contributed by atoms with Gasteiger partial charge >= 0.3 is 5.97 Å². The van der Waals surface area contributed by atoms with Crippen molar-refractivity contribution in [3.63, 3.8) is 0 Å². The number of amides is 1. The Morgan fingerprint density at radius 2 is 1.72 bits per heavy atom. The molecule has 0 saturated carbocycles. The van der Waals surface area contributed by atoms with E-state index in [1.807, 2.05) is 0 Å². The summed E-state index contributed by atoms with van der Waals surface area (Å²) in [4.78, 5) is 23.9. The van der Waals surface area contributed by atoms with Crippen molar-refractivity contribution in [3.05, 3.63) is 23.8 Å². The number of phenols is 2. The fraction of sp³-hybridized carbons (Fsp3) is 0.333. The van der Waals surface area contributed by atoms with Crippen molar-refractivity contribution in [2.24, 2.45) is 0 Å². The Morgan fingerprint density at radius 3 is 2.11 bits per heavy atom. The van der Waals surface area contributed by atoms with Crippen LogP contribution in [0.3, 0.4) is 0 Å². The van der Waals surface area contributed by atoms with E-state index in [0.29, 0.717) is 0 Å². The number of benzene rings is 1. The average molecular weight is 253 g/mol. The number of carbonyl (C=O) groups excluding carboxylic acids is 1. The molecule has 0 unspecified atom stereocenters. The summed E-state index contributed by atoms with van der Waals surface area (Å²) in [6, 6.07) is 3.53. The van der Waals surface area contributed by atoms with Crippen LogP contribution in [0.1, 0.15) is 24.2 Å². The van der Waals surface area contributed by atoms with Gasteiger partial charge in [0.2, 0.25) is 0 Å². The lowest BCUT2D eigenvalue weighted by Gasteiger charge is -2.25. The molecule has 1 aromatic carbocycles. The maximum atomic E-state index is 12.1. The van der Waals surface area contributed by atoms with E-state index >= 15 is 0 Å². The van der Waals surface area contributed by atoms with E-state index in [0.717, 1.165) is 4.90 Å². The van der Waals surface area contributed by atoms with E-state index in [1.54, 1.807) is 13.8 Å². The molecule has 1 amide bonds. The quantitative estimate of drug-likeness (QED) is 0.744. The van der Waals surface area contributed by atoms with Gasteiger partial charge in [-0.2, -0.15) is 0 Å². The number of phenolic OH excluding ortho intramolecular Hbond substituents is 2. The van der Waals surface area contributed by atoms with Crippen LogP contribution in [-0.2, 0) is 4.79 Å². The van der Waals surface area contributed by atoms with Gasteiger partial charge in [0, 0.05) is 6.04 Å². The van der Waals surface area contributed by atoms with Crippen molar-refractivity contribution >= 4 is 11.9 Å². The molecule has 0 aliphatic heterocycles. The van der Waals surface area contributed by atoms with Gasteiger partial charge in [-0.25, -0.2) is 0 Å². The SMILES string of the molecule is CC(C)N(CC(=O)O)C(=O)c1c(O)cccc1O. The maximum Gasteiger partial charge on any atom is 0.323 e. The van der Waals surface area contributed by atoms with Crippen molar-refractivity contribution in [1.82, 2.24) is 4.90 Å². The highest BCUT2D eigenvalue weighted by Crippen LogP contribution is 2.28. The minimum absolute atomic E-state index is 0.285. The lowest BCUT2D eigenvalue weighted by molar-refractivity contribution is -0.138. The second-order valence-electron chi connectivity index (χ2n) is 4.09. The normalized spacial score (nSPS) is 10.4. The highest BCUT2D eigenvalue weighted by Gasteiger charge is 2.25. The van der Waals surface area contributed by atoms with Gasteiger partial charge < -0.3 is 20.2 Å². The summed E-state index contributed by atoms with van der Waals surface area (Å²) in [6.45, 7) is 2.81. The highest BCUT2D eigenvalue weighted by atomic mass is 16.4. The van der Waals surface area contributed by atoms with Gasteiger partial charge in [0.15, 0.2) is 0 Å². The molecule has 0 bridgehead atoms. The Kier molecular flexibility index (Phi) is 4.14. The lowest BCUT2D eigenvalue weighted by Crippen LogP contribution is -2.40. The van der Waals surface area contributed by atoms with Gasteiger partial charge in [-0.05, 0) is 26.0 Å². The number of carboxylic acid groups (broad SMARTS) is 1. The van der Waals surface area contributed by atoms with Crippen molar-refractivity contribution < 1.29 is 24.9 Å². The van der Waals surface area contributed by atoms with Gasteiger partial charge in [-0.1, -0.05) is 6.07 Å². The lowest BCUT2D eigenvalue weighted by atomic mass is 10.1. The zero-order chi connectivity index (χ0) is 13.9. The molecule has 6 heteroatoms. The fourth-order valence-electron chi connectivity index (χ4n) is 1.53. The minimum atomic E-state index is -1.16. The average Bonchev–Trinajstić information content (AvgIpc) is 2.24. The smallest absolute Gasteiger partial charge is 0.323 e. The third-order valence-electron chi connectivity index (χ3n) is 2.42. The van der Waals surface area contributed by atoms with E-state index in [2.05, 4.69) is 0 Å². The molecule has 0 radical (unpaired) electrons. The first kappa shape index (κ1) is 13.8. The van der Waals surface area contributed by atoms with Gasteiger partial charge in [-0.15, -0.1) is 0 Å². The first-order chi connectivity index (χ1) is 8.34. The van der Waals surface area contributed by atoms with E-state index in [9.17, 15) is 19.8 Å². The van der Waals surface area contributed by atoms with E-state index in [-0.39, 0.29) is 23.1 Å². The third kappa shape index (κ3) is 2.91. The number of nitrogens with zero attached hydrogens (tertiary/aromatic N) is 1. The molecule has 0 aromatic heterocycles. The molecule has 6 nitrogen and oxygen atoms in total. The number of hydrogen-bond acceptors (Lipinski definition) is 4. The van der Waals surface area contributed by atoms with Gasteiger partial charge in [0.25, 0.3) is 5.91 Å². The predicted molar refractivity (Wildman–Crippen MR) is 63.6 cm³/mol. The van der Waals surface area contributed by atoms with Crippen molar-refractivity contribution in [2.75, 3.05) is 6.54 Å². The van der Waals surface area contributed by atoms with Crippen LogP contribution in [-0.4, -0.2) is 44.7 Å². The number of rotatable bonds is 4. The fourth-order valence-corrected chi connectivity index (χ4v) is 1.53. The van der Waals surface area contributed by atoms with Gasteiger partial charge in [-0.3, -0.25) is 9.59 Å². The molecule has 0 fully saturated rings. The number of carbonyl (C=O) groups is 2. The third-order valence-corrected chi connectivity index (χ3v) is 2.42. The topological polar surface area (TPSA) is 98.1 Å². The second kappa shape index (κ2) is 5.39. The second-order valence-corrected chi connectivity index (χ2v) is 4.09. The molecule has 1 aromatic rings. The zero-order valence-electron chi connectivity index (χ0n) is 10.1. The van der Waals surface area contributed by atoms with Crippen molar-refractivity contribution in [1.29, 1.82) is 0 Å². The van der Waals surface area contributed by atoms with Crippen LogP contribution in [0, 0.1) is 0 Å². The highest BCUT2D eigenvalue weighted by molar-refractivity contribution is 6.00. The molecule has 0 saturated heterocycles. The molecular weight excluding hydrogens is 238 g/mol. The van der Waals surface area contributed by atoms with Crippen LogP contribution in [0.4, 0.5) is 0 Å². The first-order valence-electron chi connectivity index (χ1n) is 5.38. The number of aliphatic carboxylic acids is 1. The van der Waals surface area contributed by atoms with E-state index in [1.165, 1.54) is 18.2 Å². The molecule has 0 aliphatic carbocycles. The summed E-state index contributed by atoms with van der Waals surface area (Å²) < 4.78 is 0. The maximum absolute atomic E-state index is 12.1. The molecule has 1 rings (SSSR count). The molecule has 0 aliphatic rings. The Balaban J connectivity index is 3.14. The Bertz CT molecular complexity index is 449. The first-order valence-corrected chi connectivity index (χ1v) is 5.38. The summed E-state index contributed by atoms with van der Waals surface area (Å²) in [5, 5.41) is 27.9. The molecule has 98 valence electrons. The van der Waals surface area contributed by atoms with Crippen molar-refractivity contribution in [3.8, 4) is 11.5 Å². The van der Waals surface area contributed by atoms with Crippen LogP contribution in [0.5, 0.6) is 11.5 Å². The Morgan fingerprint density at radius 1 is 1.22 bits per heavy atom. The van der Waals surface area contributed by atoms with Gasteiger partial charge in [0.05, 0.1) is 0 Å². The van der Waals surface area contributed by atoms with Crippen LogP contribution >= 0.6 is 0 Å². The Hall–Kier alpha value is -2.24. The summed E-state index contributed by atoms with van der Waals surface area (Å²) in [7, 11) is 0. The number of aromatic hydroxyl groups is 2. The summed E-state index contributed by atoms with van der Waals surface area (Å²) in [6.07, 6.45) is 0. The van der Waals surface area contributed by atoms with Crippen LogP contribution < -0.4 is 0 Å². The molecular formula is C12H15NO5. The summed E-state index contributed by atoms with van der Waals surface area (Å²) in [5.41, 5.74) is -0.285. The van der Waals surface area contributed by atoms with Crippen LogP contribution in [0.25, 0.3) is 0 Å². The van der Waals surface area contributed by atoms with Crippen LogP contribution in [0.2, 0.25) is 0 Å². The van der Waals surface area contributed by atoms with E-state index < -0.39 is 18.4 Å². The molecule has 0 spiro atoms. The number of hydrogen-bond donors (Lipinski definition) is 3. The largest absolute Gasteiger partial charge is 0.507 e. The minimum Gasteiger partial charge on any atom is -0.507 e. The predicted octanol–water partition coefficient (Wildman–Crippen LogP) is 1.03. The summed E-state index contributed by atoms with van der Waals surface area (Å²) in [5.74, 6) is -2.64. The number of carboxylic acids is 1. The van der Waals surface area contributed by atoms with E-state index in [4.69, 9.17) is 5.11 Å². The Labute approximate surface area is 104 Å². The molecule has 0 heterocycles.